The van der Waals surface area contributed by atoms with E-state index in [1.807, 2.05) is 69.3 Å². The zero-order chi connectivity index (χ0) is 22.7. The molecule has 0 atom stereocenters. The van der Waals surface area contributed by atoms with Gasteiger partial charge in [-0.2, -0.15) is 4.98 Å². The summed E-state index contributed by atoms with van der Waals surface area (Å²) in [6.07, 6.45) is 0.186. The molecule has 2 aromatic carbocycles. The van der Waals surface area contributed by atoms with Gasteiger partial charge in [-0.1, -0.05) is 0 Å². The number of benzene rings is 2. The molecule has 0 bridgehead atoms. The van der Waals surface area contributed by atoms with Crippen LogP contribution in [0.4, 0.5) is 5.69 Å². The molecule has 0 radical (unpaired) electrons. The van der Waals surface area contributed by atoms with Crippen molar-refractivity contribution in [2.45, 2.75) is 27.2 Å². The monoisotopic (exact) mass is 431 g/mol. The van der Waals surface area contributed by atoms with E-state index in [9.17, 15) is 4.79 Å². The second-order valence-corrected chi connectivity index (χ2v) is 7.32. The Kier molecular flexibility index (Phi) is 6.02. The predicted molar refractivity (Wildman–Crippen MR) is 122 cm³/mol. The quantitative estimate of drug-likeness (QED) is 0.476. The number of fused-ring (bicyclic) bond motifs is 1. The molecule has 0 aliphatic heterocycles. The molecule has 0 saturated carbocycles. The van der Waals surface area contributed by atoms with Gasteiger partial charge in [0.2, 0.25) is 5.91 Å². The lowest BCUT2D eigenvalue weighted by Gasteiger charge is -2.11. The summed E-state index contributed by atoms with van der Waals surface area (Å²) in [6.45, 7) is 6.34. The molecule has 0 spiro atoms. The number of amides is 1. The van der Waals surface area contributed by atoms with Crippen molar-refractivity contribution in [2.24, 2.45) is 0 Å². The summed E-state index contributed by atoms with van der Waals surface area (Å²) >= 11 is 0. The highest BCUT2D eigenvalue weighted by atomic mass is 16.5. The molecule has 0 saturated heterocycles. The van der Waals surface area contributed by atoms with Crippen LogP contribution in [0.3, 0.4) is 0 Å². The summed E-state index contributed by atoms with van der Waals surface area (Å²) in [5, 5.41) is 7.54. The first-order valence-corrected chi connectivity index (χ1v) is 10.4. The molecule has 8 nitrogen and oxygen atoms in total. The van der Waals surface area contributed by atoms with Crippen molar-refractivity contribution in [1.82, 2.24) is 19.6 Å². The summed E-state index contributed by atoms with van der Waals surface area (Å²) in [5.74, 6) is 2.48. The van der Waals surface area contributed by atoms with Crippen LogP contribution in [0, 0.1) is 13.8 Å². The Morgan fingerprint density at radius 2 is 1.69 bits per heavy atom. The molecule has 2 aromatic heterocycles. The number of nitrogens with one attached hydrogen (secondary N) is 1. The van der Waals surface area contributed by atoms with Gasteiger partial charge in [-0.05, 0) is 69.3 Å². The van der Waals surface area contributed by atoms with E-state index in [4.69, 9.17) is 9.47 Å². The van der Waals surface area contributed by atoms with Crippen LogP contribution in [0.1, 0.15) is 23.9 Å². The van der Waals surface area contributed by atoms with E-state index >= 15 is 0 Å². The maximum absolute atomic E-state index is 12.7. The van der Waals surface area contributed by atoms with Crippen molar-refractivity contribution in [2.75, 3.05) is 19.0 Å². The maximum Gasteiger partial charge on any atom is 0.253 e. The molecule has 0 aliphatic rings. The lowest BCUT2D eigenvalue weighted by Crippen LogP contribution is -2.17. The van der Waals surface area contributed by atoms with E-state index in [2.05, 4.69) is 20.4 Å². The molecule has 0 aliphatic carbocycles. The summed E-state index contributed by atoms with van der Waals surface area (Å²) in [4.78, 5) is 21.8. The molecule has 164 valence electrons. The van der Waals surface area contributed by atoms with Crippen LogP contribution in [0.25, 0.3) is 17.2 Å². The van der Waals surface area contributed by atoms with Crippen LogP contribution >= 0.6 is 0 Å². The Balaban J connectivity index is 1.56. The van der Waals surface area contributed by atoms with Crippen molar-refractivity contribution in [3.05, 3.63) is 65.5 Å². The van der Waals surface area contributed by atoms with Crippen LogP contribution in [0.15, 0.2) is 48.5 Å². The predicted octanol–water partition coefficient (Wildman–Crippen LogP) is 4.00. The highest BCUT2D eigenvalue weighted by Crippen LogP contribution is 2.22. The number of ether oxygens (including phenoxy) is 2. The van der Waals surface area contributed by atoms with Crippen molar-refractivity contribution < 1.29 is 14.3 Å². The number of aromatic nitrogens is 4. The first-order valence-electron chi connectivity index (χ1n) is 10.4. The number of hydrogen-bond acceptors (Lipinski definition) is 6. The van der Waals surface area contributed by atoms with Crippen LogP contribution in [-0.4, -0.2) is 39.2 Å². The maximum atomic E-state index is 12.7. The van der Waals surface area contributed by atoms with Gasteiger partial charge in [-0.3, -0.25) is 4.79 Å². The van der Waals surface area contributed by atoms with E-state index in [0.29, 0.717) is 23.9 Å². The van der Waals surface area contributed by atoms with Crippen molar-refractivity contribution in [1.29, 1.82) is 0 Å². The molecule has 8 heteroatoms. The molecule has 1 N–H and O–H groups in total. The third kappa shape index (κ3) is 4.39. The zero-order valence-corrected chi connectivity index (χ0v) is 18.5. The number of nitrogens with zero attached hydrogens (tertiary/aromatic N) is 4. The molecule has 32 heavy (non-hydrogen) atoms. The topological polar surface area (TPSA) is 90.6 Å². The first-order chi connectivity index (χ1) is 15.5. The summed E-state index contributed by atoms with van der Waals surface area (Å²) in [5.41, 5.74) is 3.99. The molecule has 0 unspecified atom stereocenters. The second kappa shape index (κ2) is 9.05. The van der Waals surface area contributed by atoms with Gasteiger partial charge in [-0.15, -0.1) is 5.10 Å². The van der Waals surface area contributed by atoms with Crippen molar-refractivity contribution in [3.8, 4) is 22.9 Å². The fourth-order valence-electron chi connectivity index (χ4n) is 3.49. The Morgan fingerprint density at radius 3 is 2.34 bits per heavy atom. The summed E-state index contributed by atoms with van der Waals surface area (Å²) < 4.78 is 12.3. The molecular weight excluding hydrogens is 406 g/mol. The normalized spacial score (nSPS) is 10.9. The summed E-state index contributed by atoms with van der Waals surface area (Å²) in [6, 6.07) is 14.8. The SMILES string of the molecule is CCOc1ccc(NC(=O)Cc2c(C)nc3nc(-c4ccc(OC)cc4)nn3c2C)cc1. The third-order valence-corrected chi connectivity index (χ3v) is 5.18. The number of carbonyl (C=O) groups excluding carboxylic acids is 1. The molecule has 4 aromatic rings. The van der Waals surface area contributed by atoms with Gasteiger partial charge >= 0.3 is 0 Å². The number of carbonyl (C=O) groups is 1. The number of rotatable bonds is 7. The molecule has 1 amide bonds. The average Bonchev–Trinajstić information content (AvgIpc) is 3.22. The average molecular weight is 431 g/mol. The molecule has 0 fully saturated rings. The largest absolute Gasteiger partial charge is 0.497 e. The smallest absolute Gasteiger partial charge is 0.253 e. The van der Waals surface area contributed by atoms with E-state index in [1.54, 1.807) is 11.6 Å². The summed E-state index contributed by atoms with van der Waals surface area (Å²) in [7, 11) is 1.63. The van der Waals surface area contributed by atoms with Gasteiger partial charge in [0.25, 0.3) is 5.78 Å². The minimum Gasteiger partial charge on any atom is -0.497 e. The second-order valence-electron chi connectivity index (χ2n) is 7.32. The number of anilines is 1. The third-order valence-electron chi connectivity index (χ3n) is 5.18. The number of aryl methyl sites for hydroxylation is 2. The molecular formula is C24H25N5O3. The Hall–Kier alpha value is -3.94. The fraction of sp³-hybridized carbons (Fsp3) is 0.250. The standard InChI is InChI=1S/C24H25N5O3/c1-5-32-20-12-8-18(9-13-20)26-22(30)14-21-15(2)25-24-27-23(28-29(24)16(21)3)17-6-10-19(31-4)11-7-17/h6-13H,5,14H2,1-4H3,(H,26,30). The minimum absolute atomic E-state index is 0.128. The van der Waals surface area contributed by atoms with Gasteiger partial charge in [0.05, 0.1) is 20.1 Å². The van der Waals surface area contributed by atoms with Gasteiger partial charge in [0.1, 0.15) is 11.5 Å². The van der Waals surface area contributed by atoms with E-state index in [0.717, 1.165) is 34.0 Å². The molecule has 2 heterocycles. The van der Waals surface area contributed by atoms with E-state index in [-0.39, 0.29) is 12.3 Å². The lowest BCUT2D eigenvalue weighted by atomic mass is 10.1. The van der Waals surface area contributed by atoms with Gasteiger partial charge in [0, 0.05) is 28.2 Å². The minimum atomic E-state index is -0.128. The van der Waals surface area contributed by atoms with E-state index < -0.39 is 0 Å². The van der Waals surface area contributed by atoms with Crippen molar-refractivity contribution in [3.63, 3.8) is 0 Å². The Labute approximate surface area is 186 Å². The van der Waals surface area contributed by atoms with Crippen molar-refractivity contribution >= 4 is 17.4 Å². The van der Waals surface area contributed by atoms with Crippen LogP contribution < -0.4 is 14.8 Å². The first kappa shape index (κ1) is 21.3. The fourth-order valence-corrected chi connectivity index (χ4v) is 3.49. The lowest BCUT2D eigenvalue weighted by molar-refractivity contribution is -0.115. The van der Waals surface area contributed by atoms with E-state index in [1.165, 1.54) is 0 Å². The highest BCUT2D eigenvalue weighted by molar-refractivity contribution is 5.92. The zero-order valence-electron chi connectivity index (χ0n) is 18.5. The Bertz CT molecular complexity index is 1250. The van der Waals surface area contributed by atoms with Gasteiger partial charge in [0.15, 0.2) is 5.82 Å². The highest BCUT2D eigenvalue weighted by Gasteiger charge is 2.17. The number of hydrogen-bond donors (Lipinski definition) is 1. The van der Waals surface area contributed by atoms with Crippen LogP contribution in [0.5, 0.6) is 11.5 Å². The number of methoxy groups -OCH3 is 1. The van der Waals surface area contributed by atoms with Crippen LogP contribution in [0.2, 0.25) is 0 Å². The van der Waals surface area contributed by atoms with Gasteiger partial charge in [-0.25, -0.2) is 9.50 Å². The Morgan fingerprint density at radius 1 is 1.00 bits per heavy atom. The van der Waals surface area contributed by atoms with Crippen LogP contribution in [-0.2, 0) is 11.2 Å². The van der Waals surface area contributed by atoms with Gasteiger partial charge < -0.3 is 14.8 Å². The molecule has 4 rings (SSSR count).